The van der Waals surface area contributed by atoms with E-state index < -0.39 is 0 Å². The lowest BCUT2D eigenvalue weighted by Crippen LogP contribution is -2.64. The predicted octanol–water partition coefficient (Wildman–Crippen LogP) is 38.1. The third kappa shape index (κ3) is 23.4. The molecule has 0 bridgehead atoms. The minimum atomic E-state index is 0.133. The van der Waals surface area contributed by atoms with Gasteiger partial charge in [-0.3, -0.25) is 9.98 Å². The van der Waals surface area contributed by atoms with E-state index in [0.29, 0.717) is 16.2 Å². The quantitative estimate of drug-likeness (QED) is 0.262. The van der Waals surface area contributed by atoms with Gasteiger partial charge in [0.15, 0.2) is 0 Å². The first-order valence-electron chi connectivity index (χ1n) is 48.2. The molecule has 2 heterocycles. The van der Waals surface area contributed by atoms with Crippen molar-refractivity contribution in [2.45, 2.75) is 379 Å². The van der Waals surface area contributed by atoms with Crippen LogP contribution in [-0.4, -0.2) is 12.4 Å². The molecule has 0 saturated heterocycles. The van der Waals surface area contributed by atoms with E-state index in [4.69, 9.17) is 0 Å². The highest BCUT2D eigenvalue weighted by atomic mass is 14.9. The highest BCUT2D eigenvalue weighted by molar-refractivity contribution is 5.78. The third-order valence-electron chi connectivity index (χ3n) is 32.2. The van der Waals surface area contributed by atoms with Crippen molar-refractivity contribution in [1.82, 2.24) is 0 Å². The zero-order valence-electron chi connectivity index (χ0n) is 87.1. The van der Waals surface area contributed by atoms with Crippen LogP contribution < -0.4 is 0 Å². The van der Waals surface area contributed by atoms with Crippen LogP contribution in [0.1, 0.15) is 379 Å². The summed E-state index contributed by atoms with van der Waals surface area (Å²) in [4.78, 5) is 8.17. The first kappa shape index (κ1) is 105. The van der Waals surface area contributed by atoms with Crippen LogP contribution in [0.5, 0.6) is 0 Å². The van der Waals surface area contributed by atoms with Gasteiger partial charge in [-0.25, -0.2) is 0 Å². The van der Waals surface area contributed by atoms with E-state index in [2.05, 4.69) is 406 Å². The van der Waals surface area contributed by atoms with Crippen molar-refractivity contribution in [3.05, 3.63) is 314 Å². The molecule has 2 nitrogen and oxygen atoms in total. The molecule has 0 fully saturated rings. The van der Waals surface area contributed by atoms with Crippen LogP contribution in [0.25, 0.3) is 0 Å². The number of fused-ring (bicyclic) bond motifs is 3. The lowest BCUT2D eigenvalue weighted by molar-refractivity contribution is -0.130. The van der Waals surface area contributed by atoms with Gasteiger partial charge in [0.1, 0.15) is 0 Å². The topological polar surface area (TPSA) is 24.7 Å². The van der Waals surface area contributed by atoms with E-state index >= 15 is 0 Å². The van der Waals surface area contributed by atoms with Gasteiger partial charge in [-0.2, -0.15) is 0 Å². The molecule has 0 radical (unpaired) electrons. The maximum absolute atomic E-state index is 4.09. The molecule has 0 spiro atoms. The second-order valence-corrected chi connectivity index (χ2v) is 42.9. The maximum Gasteiger partial charge on any atom is 0.0467 e. The number of hydrogen-bond donors (Lipinski definition) is 0. The van der Waals surface area contributed by atoms with E-state index in [1.54, 1.807) is 55.7 Å². The summed E-state index contributed by atoms with van der Waals surface area (Å²) in [6.07, 6.45) is 76.2. The van der Waals surface area contributed by atoms with Crippen LogP contribution >= 0.6 is 0 Å². The zero-order valence-corrected chi connectivity index (χ0v) is 87.1. The molecule has 0 amide bonds. The van der Waals surface area contributed by atoms with E-state index in [-0.39, 0.29) is 37.9 Å². The van der Waals surface area contributed by atoms with Gasteiger partial charge in [0.05, 0.1) is 0 Å². The summed E-state index contributed by atoms with van der Waals surface area (Å²) in [5.41, 5.74) is 47.1. The molecular formula is C122H178N2. The molecule has 0 aromatic heterocycles. The second kappa shape index (κ2) is 43.4. The molecule has 3 atom stereocenters. The summed E-state index contributed by atoms with van der Waals surface area (Å²) < 4.78 is 0. The van der Waals surface area contributed by atoms with Crippen molar-refractivity contribution in [2.24, 2.45) is 64.1 Å². The highest BCUT2D eigenvalue weighted by Gasteiger charge is 2.69. The molecule has 14 rings (SSSR count). The van der Waals surface area contributed by atoms with Gasteiger partial charge in [0, 0.05) is 45.5 Å². The molecular weight excluding hydrogens is 1490 g/mol. The summed E-state index contributed by atoms with van der Waals surface area (Å²) in [6.45, 7) is 93.5. The molecule has 3 unspecified atom stereocenters. The normalized spacial score (nSPS) is 29.6. The standard InChI is InChI=1S/C27H42.C17H26.C17H22.C15H20.C15H22.C12H18.C7H11N.C6H9N.C6H8/c1-13-20-16-24(7,8)27(12)22(18(20)3)19(4)21-17(2)14-15-23(5,6)26(21,11)25(27,9)10;1-7-14-11-16(4,5)17(6)10-8-9-12(2)15(17)13(14)3;1-4-15-11-12-17(14(15)3)10-6-9-16-8-5-7-13(16)2;1-4-13-8-9-15(12(13)3)10-14-7-5-6-11(14)2;1-6-8-9-14-11-15(4,5)10-13(7-2)12(14)3;1-6-11-10(3)7-9(2)8-12(11,4)5;1-4-6-7(2,3)5-8-6;1-2-6-4-3-5-7-6;1-3-6-4-5(6)2/h13-14H,15-16H2,1-12H3;7,9H,8,10-11H2,1-6H3;4,6-7,9-10H,5,8,11-12H2,1-3H3;4,6,10H,5,7-9H2,1-3H3;6-9H,2,10-11H2,1,3-5H3;6-8H,1-5H3;4-5H,1-3H3;2,5H,3-4H2,1H3;3-4H,1-2H3/b20-13+;14-7+;10-6+,15-4+,16-9+;13-4+,14-10+;8-6+,14-9+;11-6+;6-4+;6-2+;6-3-. The molecule has 0 aromatic rings. The van der Waals surface area contributed by atoms with Crippen molar-refractivity contribution in [3.8, 4) is 0 Å². The summed E-state index contributed by atoms with van der Waals surface area (Å²) >= 11 is 0. The van der Waals surface area contributed by atoms with Gasteiger partial charge in [-0.1, -0.05) is 278 Å². The van der Waals surface area contributed by atoms with E-state index in [9.17, 15) is 0 Å². The van der Waals surface area contributed by atoms with Crippen LogP contribution in [0.2, 0.25) is 0 Å². The fourth-order valence-electron chi connectivity index (χ4n) is 23.3. The molecule has 0 saturated carbocycles. The zero-order chi connectivity index (χ0) is 93.4. The van der Waals surface area contributed by atoms with E-state index in [1.165, 1.54) is 202 Å². The maximum atomic E-state index is 4.09. The molecule has 12 aliphatic carbocycles. The summed E-state index contributed by atoms with van der Waals surface area (Å²) in [5.74, 6) is 0. The molecule has 2 aliphatic heterocycles. The SMILES string of the molecule is C/C=C1/N=CC1(C)C.C/C=C1C=C/1C.C/C=C1\C(C)=CC(C)=CC1(C)C.C/C=C1\CC(C)(C)C2(C)C(=C1C)C(C)=C1C(C)=CCC(C)(C)C1(C)C2(C)C.C/C=C1\CC(C)(C)C2(C)CCC=C(C)C2=C1C.C/C=C1\CCC(/C=C/C=C2\CCC=C2C)=C1C.C/C=C1\CCC(/C=C2\CCC=C2C)=C1C.C/C=C1\CCC=N1.C=CC1=C(C)/C(=C/C=C/C)CC(C)(C)C1. The molecule has 676 valence electrons. The Bertz CT molecular complexity index is 4940. The average Bonchev–Trinajstić information content (AvgIpc) is 0.734. The van der Waals surface area contributed by atoms with Crippen molar-refractivity contribution in [1.29, 1.82) is 0 Å². The summed E-state index contributed by atoms with van der Waals surface area (Å²) in [6, 6.07) is 0. The Kier molecular flexibility index (Phi) is 36.8. The van der Waals surface area contributed by atoms with Gasteiger partial charge >= 0.3 is 0 Å². The van der Waals surface area contributed by atoms with Crippen molar-refractivity contribution >= 4 is 12.4 Å². The van der Waals surface area contributed by atoms with Crippen LogP contribution in [-0.2, 0) is 0 Å². The fraction of sp³-hybridized carbons (Fsp3) is 0.541. The Morgan fingerprint density at radius 1 is 0.371 bits per heavy atom. The predicted molar refractivity (Wildman–Crippen MR) is 557 cm³/mol. The van der Waals surface area contributed by atoms with Gasteiger partial charge in [0.25, 0.3) is 0 Å². The first-order chi connectivity index (χ1) is 57.8. The number of hydrogen-bond acceptors (Lipinski definition) is 2. The Balaban J connectivity index is 0.000000222. The van der Waals surface area contributed by atoms with Crippen molar-refractivity contribution in [3.63, 3.8) is 0 Å². The monoisotopic (exact) mass is 1670 g/mol. The molecule has 0 aromatic carbocycles. The van der Waals surface area contributed by atoms with Crippen molar-refractivity contribution in [2.75, 3.05) is 0 Å². The average molecular weight is 1670 g/mol. The van der Waals surface area contributed by atoms with Crippen LogP contribution in [0, 0.1) is 54.1 Å². The van der Waals surface area contributed by atoms with Gasteiger partial charge < -0.3 is 0 Å². The Morgan fingerprint density at radius 3 is 1.32 bits per heavy atom. The van der Waals surface area contributed by atoms with Crippen LogP contribution in [0.3, 0.4) is 0 Å². The molecule has 14 aliphatic rings. The first-order valence-corrected chi connectivity index (χ1v) is 48.2. The largest absolute Gasteiger partial charge is 0.266 e. The van der Waals surface area contributed by atoms with Gasteiger partial charge in [-0.15, -0.1) is 0 Å². The Morgan fingerprint density at radius 2 is 0.887 bits per heavy atom. The van der Waals surface area contributed by atoms with Gasteiger partial charge in [0.2, 0.25) is 0 Å². The van der Waals surface area contributed by atoms with E-state index in [0.717, 1.165) is 19.3 Å². The minimum absolute atomic E-state index is 0.133. The van der Waals surface area contributed by atoms with Crippen molar-refractivity contribution < 1.29 is 0 Å². The lowest BCUT2D eigenvalue weighted by atomic mass is 9.32. The Labute approximate surface area is 764 Å². The number of nitrogens with zero attached hydrogens (tertiary/aromatic N) is 2. The second-order valence-electron chi connectivity index (χ2n) is 42.9. The lowest BCUT2D eigenvalue weighted by Gasteiger charge is -2.72. The van der Waals surface area contributed by atoms with Gasteiger partial charge in [-0.05, 0) is 436 Å². The highest BCUT2D eigenvalue weighted by Crippen LogP contribution is 2.78. The molecule has 124 heavy (non-hydrogen) atoms. The third-order valence-corrected chi connectivity index (χ3v) is 32.2. The number of aliphatic imine (C=N–C) groups is 2. The fourth-order valence-corrected chi connectivity index (χ4v) is 23.3. The van der Waals surface area contributed by atoms with Crippen LogP contribution in [0.15, 0.2) is 324 Å². The van der Waals surface area contributed by atoms with Crippen LogP contribution in [0.4, 0.5) is 0 Å². The molecule has 0 N–H and O–H groups in total. The minimum Gasteiger partial charge on any atom is -0.266 e. The summed E-state index contributed by atoms with van der Waals surface area (Å²) in [7, 11) is 0. The molecule has 2 heteroatoms. The van der Waals surface area contributed by atoms with E-state index in [1.807, 2.05) is 32.4 Å². The Hall–Kier alpha value is -7.68. The number of rotatable bonds is 5. The smallest absolute Gasteiger partial charge is 0.0467 e. The number of allylic oxidation sites excluding steroid dienone is 53. The summed E-state index contributed by atoms with van der Waals surface area (Å²) in [5, 5.41) is 0.